The number of hydrogen-bond acceptors (Lipinski definition) is 10. The second-order valence-electron chi connectivity index (χ2n) is 12.1. The number of likely N-dealkylation sites (tertiary alicyclic amines) is 1. The molecule has 0 amide bonds. The molecule has 2 saturated heterocycles. The maximum absolute atomic E-state index is 10.2. The van der Waals surface area contributed by atoms with Crippen LogP contribution < -0.4 is 4.74 Å². The van der Waals surface area contributed by atoms with Crippen molar-refractivity contribution in [3.05, 3.63) is 82.9 Å². The van der Waals surface area contributed by atoms with Gasteiger partial charge in [-0.15, -0.1) is 11.3 Å². The zero-order valence-electron chi connectivity index (χ0n) is 28.2. The van der Waals surface area contributed by atoms with Gasteiger partial charge in [0.25, 0.3) is 0 Å². The predicted octanol–water partition coefficient (Wildman–Crippen LogP) is 4.79. The Labute approximate surface area is 298 Å². The molecule has 3 aromatic carbocycles. The molecule has 0 saturated carbocycles. The molecule has 0 atom stereocenters. The summed E-state index contributed by atoms with van der Waals surface area (Å²) in [7, 11) is 0. The average molecular weight is 723 g/mol. The topological polar surface area (TPSA) is 194 Å². The highest BCUT2D eigenvalue weighted by atomic mass is 32.1. The van der Waals surface area contributed by atoms with E-state index in [4.69, 9.17) is 49.1 Å². The molecule has 2 fully saturated rings. The normalized spacial score (nSPS) is 14.5. The van der Waals surface area contributed by atoms with Crippen LogP contribution in [0.2, 0.25) is 0 Å². The number of aromatic hydroxyl groups is 1. The molecule has 2 aliphatic rings. The number of rotatable bonds is 9. The fourth-order valence-electron chi connectivity index (χ4n) is 5.80. The molecule has 3 heterocycles. The lowest BCUT2D eigenvalue weighted by atomic mass is 9.96. The van der Waals surface area contributed by atoms with E-state index in [2.05, 4.69) is 65.3 Å². The van der Waals surface area contributed by atoms with E-state index < -0.39 is 23.9 Å². The van der Waals surface area contributed by atoms with Gasteiger partial charge in [-0.05, 0) is 115 Å². The SMILES string of the molecule is Cc1cc(Cc2c(-c3ccc(OCCN4CCOCC4)cc3)sc3cc(O)ccc23)ccc1CN1CCCC1.O=C(O)C(=O)O.O=C(O)C(=O)O. The monoisotopic (exact) mass is 722 g/mol. The maximum atomic E-state index is 10.2. The van der Waals surface area contributed by atoms with Gasteiger partial charge in [0.05, 0.1) is 13.2 Å². The molecular formula is C37H42N2O11S. The highest BCUT2D eigenvalue weighted by Crippen LogP contribution is 2.41. The Bertz CT molecular complexity index is 1760. The standard InChI is InChI=1S/C33H38N2O3S.2C2H2O4/c1-24-20-25(4-5-27(24)23-35-12-2-3-13-35)21-31-30-11-8-28(36)22-32(30)39-33(31)26-6-9-29(10-7-26)38-19-16-34-14-17-37-18-15-34;2*3-1(4)2(5)6/h4-11,20,22,36H,2-3,12-19,21,23H2,1H3;2*(H,3,4)(H,5,6). The molecule has 0 unspecified atom stereocenters. The van der Waals surface area contributed by atoms with Gasteiger partial charge in [0.15, 0.2) is 0 Å². The molecule has 1 aromatic heterocycles. The van der Waals surface area contributed by atoms with Gasteiger partial charge in [-0.25, -0.2) is 19.2 Å². The van der Waals surface area contributed by atoms with Gasteiger partial charge in [0.2, 0.25) is 0 Å². The molecule has 5 N–H and O–H groups in total. The quantitative estimate of drug-likeness (QED) is 0.148. The van der Waals surface area contributed by atoms with Crippen molar-refractivity contribution in [2.75, 3.05) is 52.5 Å². The Morgan fingerprint density at radius 2 is 1.41 bits per heavy atom. The van der Waals surface area contributed by atoms with Gasteiger partial charge in [-0.1, -0.05) is 18.2 Å². The summed E-state index contributed by atoms with van der Waals surface area (Å²) in [6.07, 6.45) is 3.51. The Kier molecular flexibility index (Phi) is 14.3. The highest BCUT2D eigenvalue weighted by Gasteiger charge is 2.17. The van der Waals surface area contributed by atoms with E-state index in [0.717, 1.165) is 56.3 Å². The minimum Gasteiger partial charge on any atom is -0.508 e. The number of ether oxygens (including phenoxy) is 2. The van der Waals surface area contributed by atoms with Gasteiger partial charge in [0.1, 0.15) is 18.1 Å². The number of fused-ring (bicyclic) bond motifs is 1. The smallest absolute Gasteiger partial charge is 0.414 e. The van der Waals surface area contributed by atoms with Crippen LogP contribution in [0.1, 0.15) is 35.1 Å². The largest absolute Gasteiger partial charge is 0.508 e. The average Bonchev–Trinajstić information content (AvgIpc) is 3.75. The van der Waals surface area contributed by atoms with E-state index in [1.54, 1.807) is 17.4 Å². The molecule has 6 rings (SSSR count). The lowest BCUT2D eigenvalue weighted by Crippen LogP contribution is -2.38. The number of hydrogen-bond donors (Lipinski definition) is 5. The summed E-state index contributed by atoms with van der Waals surface area (Å²) in [6.45, 7) is 10.9. The minimum atomic E-state index is -1.82. The number of aryl methyl sites for hydroxylation is 1. The summed E-state index contributed by atoms with van der Waals surface area (Å²) >= 11 is 1.76. The Balaban J connectivity index is 0.000000420. The van der Waals surface area contributed by atoms with Crippen molar-refractivity contribution in [3.8, 4) is 21.9 Å². The molecule has 272 valence electrons. The van der Waals surface area contributed by atoms with E-state index in [0.29, 0.717) is 12.4 Å². The maximum Gasteiger partial charge on any atom is 0.414 e. The number of phenolic OH excluding ortho intramolecular Hbond substituents is 1. The third-order valence-electron chi connectivity index (χ3n) is 8.42. The van der Waals surface area contributed by atoms with Gasteiger partial charge >= 0.3 is 23.9 Å². The van der Waals surface area contributed by atoms with Gasteiger partial charge in [0, 0.05) is 35.8 Å². The van der Waals surface area contributed by atoms with Crippen molar-refractivity contribution in [3.63, 3.8) is 0 Å². The fourth-order valence-corrected chi connectivity index (χ4v) is 7.06. The van der Waals surface area contributed by atoms with Crippen LogP contribution in [0.3, 0.4) is 0 Å². The third-order valence-corrected chi connectivity index (χ3v) is 9.66. The highest BCUT2D eigenvalue weighted by molar-refractivity contribution is 7.22. The molecule has 14 heteroatoms. The number of benzene rings is 3. The van der Waals surface area contributed by atoms with Crippen molar-refractivity contribution >= 4 is 45.3 Å². The molecule has 0 bridgehead atoms. The first-order valence-corrected chi connectivity index (χ1v) is 17.2. The number of morpholine rings is 1. The zero-order valence-corrected chi connectivity index (χ0v) is 29.1. The van der Waals surface area contributed by atoms with Crippen molar-refractivity contribution in [1.82, 2.24) is 9.80 Å². The number of carboxylic acids is 4. The fraction of sp³-hybridized carbons (Fsp3) is 0.351. The lowest BCUT2D eigenvalue weighted by Gasteiger charge is -2.26. The molecule has 0 aliphatic carbocycles. The summed E-state index contributed by atoms with van der Waals surface area (Å²) in [5.74, 6) is -6.08. The van der Waals surface area contributed by atoms with Crippen molar-refractivity contribution < 1.29 is 54.2 Å². The second-order valence-corrected chi connectivity index (χ2v) is 13.1. The van der Waals surface area contributed by atoms with Gasteiger partial charge in [-0.2, -0.15) is 0 Å². The van der Waals surface area contributed by atoms with Crippen molar-refractivity contribution in [2.24, 2.45) is 0 Å². The van der Waals surface area contributed by atoms with E-state index in [-0.39, 0.29) is 0 Å². The van der Waals surface area contributed by atoms with E-state index >= 15 is 0 Å². The van der Waals surface area contributed by atoms with E-state index in [1.807, 2.05) is 6.07 Å². The van der Waals surface area contributed by atoms with Crippen LogP contribution in [0.4, 0.5) is 0 Å². The Morgan fingerprint density at radius 1 is 0.784 bits per heavy atom. The van der Waals surface area contributed by atoms with Gasteiger partial charge < -0.3 is 35.0 Å². The molecule has 0 spiro atoms. The summed E-state index contributed by atoms with van der Waals surface area (Å²) in [4.78, 5) is 42.6. The molecule has 4 aromatic rings. The predicted molar refractivity (Wildman–Crippen MR) is 191 cm³/mol. The Morgan fingerprint density at radius 3 is 2.00 bits per heavy atom. The summed E-state index contributed by atoms with van der Waals surface area (Å²) in [5.41, 5.74) is 6.65. The summed E-state index contributed by atoms with van der Waals surface area (Å²) in [6, 6.07) is 21.3. The minimum absolute atomic E-state index is 0.313. The second kappa shape index (κ2) is 18.8. The van der Waals surface area contributed by atoms with Crippen LogP contribution in [0.5, 0.6) is 11.5 Å². The number of thiophene rings is 1. The number of aliphatic carboxylic acids is 4. The van der Waals surface area contributed by atoms with Crippen LogP contribution in [0, 0.1) is 6.92 Å². The molecule has 0 radical (unpaired) electrons. The first-order chi connectivity index (χ1) is 24.4. The van der Waals surface area contributed by atoms with Crippen LogP contribution in [0.15, 0.2) is 60.7 Å². The van der Waals surface area contributed by atoms with E-state index in [1.165, 1.54) is 64.0 Å². The third kappa shape index (κ3) is 11.8. The van der Waals surface area contributed by atoms with Crippen LogP contribution in [-0.2, 0) is 36.9 Å². The van der Waals surface area contributed by atoms with Crippen molar-refractivity contribution in [1.29, 1.82) is 0 Å². The van der Waals surface area contributed by atoms with E-state index in [9.17, 15) is 5.11 Å². The molecular weight excluding hydrogens is 680 g/mol. The first-order valence-electron chi connectivity index (χ1n) is 16.4. The molecule has 2 aliphatic heterocycles. The van der Waals surface area contributed by atoms with Crippen LogP contribution in [-0.4, -0.2) is 112 Å². The lowest BCUT2D eigenvalue weighted by molar-refractivity contribution is -0.159. The zero-order chi connectivity index (χ0) is 36.9. The molecule has 51 heavy (non-hydrogen) atoms. The van der Waals surface area contributed by atoms with Crippen LogP contribution >= 0.6 is 11.3 Å². The first kappa shape index (κ1) is 38.8. The number of carbonyl (C=O) groups is 4. The van der Waals surface area contributed by atoms with Crippen molar-refractivity contribution in [2.45, 2.75) is 32.7 Å². The number of carboxylic acid groups (broad SMARTS) is 4. The number of nitrogens with zero attached hydrogens (tertiary/aromatic N) is 2. The Hall–Kier alpha value is -5.02. The number of phenols is 1. The summed E-state index contributed by atoms with van der Waals surface area (Å²) in [5, 5.41) is 40.9. The van der Waals surface area contributed by atoms with Crippen LogP contribution in [0.25, 0.3) is 20.5 Å². The molecule has 13 nitrogen and oxygen atoms in total. The van der Waals surface area contributed by atoms with Gasteiger partial charge in [-0.3, -0.25) is 9.80 Å². The summed E-state index contributed by atoms with van der Waals surface area (Å²) < 4.78 is 12.6.